The van der Waals surface area contributed by atoms with Gasteiger partial charge in [-0.1, -0.05) is 24.3 Å². The van der Waals surface area contributed by atoms with Crippen LogP contribution in [0.3, 0.4) is 0 Å². The molecule has 9 nitrogen and oxygen atoms in total. The summed E-state index contributed by atoms with van der Waals surface area (Å²) in [4.78, 5) is 25.2. The highest BCUT2D eigenvalue weighted by atomic mass is 16.6. The van der Waals surface area contributed by atoms with Crippen LogP contribution in [0.4, 0.5) is 0 Å². The number of hydrogen-bond donors (Lipinski definition) is 1. The Balaban J connectivity index is 1.81. The Labute approximate surface area is 213 Å². The predicted octanol–water partition coefficient (Wildman–Crippen LogP) is 4.42. The number of furan rings is 1. The average molecular weight is 498 g/mol. The molecule has 37 heavy (non-hydrogen) atoms. The molecule has 0 saturated heterocycles. The molecule has 0 saturated carbocycles. The number of nitriles is 2. The highest BCUT2D eigenvalue weighted by molar-refractivity contribution is 6.02. The van der Waals surface area contributed by atoms with Crippen molar-refractivity contribution in [3.05, 3.63) is 88.9 Å². The van der Waals surface area contributed by atoms with Gasteiger partial charge in [0.05, 0.1) is 26.5 Å². The highest BCUT2D eigenvalue weighted by Crippen LogP contribution is 2.30. The molecule has 3 rings (SSSR count). The van der Waals surface area contributed by atoms with E-state index in [-0.39, 0.29) is 35.8 Å². The van der Waals surface area contributed by atoms with Crippen LogP contribution in [0.5, 0.6) is 17.2 Å². The normalized spacial score (nSPS) is 11.1. The van der Waals surface area contributed by atoms with Crippen LogP contribution in [0.1, 0.15) is 23.8 Å². The molecule has 0 spiro atoms. The van der Waals surface area contributed by atoms with Gasteiger partial charge in [-0.05, 0) is 55.0 Å². The van der Waals surface area contributed by atoms with E-state index >= 15 is 0 Å². The molecule has 3 aromatic rings. The molecule has 0 radical (unpaired) electrons. The number of methoxy groups -OCH3 is 1. The molecular formula is C28H23N3O6. The summed E-state index contributed by atoms with van der Waals surface area (Å²) in [6, 6.07) is 18.6. The summed E-state index contributed by atoms with van der Waals surface area (Å²) in [7, 11) is 1.49. The summed E-state index contributed by atoms with van der Waals surface area (Å²) in [6.45, 7) is 2.14. The number of amides is 1. The number of ether oxygens (including phenoxy) is 3. The van der Waals surface area contributed by atoms with Crippen molar-refractivity contribution in [1.29, 1.82) is 10.5 Å². The van der Waals surface area contributed by atoms with E-state index in [0.717, 1.165) is 0 Å². The molecular weight excluding hydrogens is 474 g/mol. The molecule has 186 valence electrons. The zero-order valence-electron chi connectivity index (χ0n) is 20.2. The number of carbonyl (C=O) groups excluding carboxylic acids is 2. The molecule has 1 N–H and O–H groups in total. The fourth-order valence-corrected chi connectivity index (χ4v) is 3.19. The van der Waals surface area contributed by atoms with E-state index < -0.39 is 11.9 Å². The zero-order valence-corrected chi connectivity index (χ0v) is 20.2. The van der Waals surface area contributed by atoms with E-state index in [0.29, 0.717) is 22.6 Å². The van der Waals surface area contributed by atoms with Crippen molar-refractivity contribution in [2.45, 2.75) is 13.5 Å². The smallest absolute Gasteiger partial charge is 0.354 e. The molecule has 9 heteroatoms. The van der Waals surface area contributed by atoms with E-state index in [9.17, 15) is 20.1 Å². The quantitative estimate of drug-likeness (QED) is 0.188. The van der Waals surface area contributed by atoms with Crippen molar-refractivity contribution in [3.8, 4) is 29.4 Å². The number of rotatable bonds is 10. The fraction of sp³-hybridized carbons (Fsp3) is 0.143. The van der Waals surface area contributed by atoms with E-state index in [4.69, 9.17) is 18.6 Å². The Morgan fingerprint density at radius 3 is 2.43 bits per heavy atom. The minimum Gasteiger partial charge on any atom is -0.496 e. The van der Waals surface area contributed by atoms with E-state index in [1.165, 1.54) is 37.7 Å². The van der Waals surface area contributed by atoms with Crippen molar-refractivity contribution in [3.63, 3.8) is 0 Å². The van der Waals surface area contributed by atoms with Crippen molar-refractivity contribution in [2.24, 2.45) is 0 Å². The number of hydrogen-bond acceptors (Lipinski definition) is 8. The molecule has 2 aromatic carbocycles. The lowest BCUT2D eigenvalue weighted by atomic mass is 10.1. The van der Waals surface area contributed by atoms with Crippen LogP contribution >= 0.6 is 0 Å². The molecule has 0 aliphatic heterocycles. The molecule has 0 bridgehead atoms. The summed E-state index contributed by atoms with van der Waals surface area (Å²) < 4.78 is 21.5. The first kappa shape index (κ1) is 26.3. The summed E-state index contributed by atoms with van der Waals surface area (Å²) in [5, 5.41) is 21.6. The van der Waals surface area contributed by atoms with Gasteiger partial charge in [-0.2, -0.15) is 10.5 Å². The SMILES string of the molecule is CCOc1cc(C=C(C#N)C(=O)NCc2ccco2)ccc1OC(=O)C(C#N)=Cc1ccccc1OC. The molecule has 1 aromatic heterocycles. The van der Waals surface area contributed by atoms with Crippen LogP contribution in [-0.2, 0) is 16.1 Å². The van der Waals surface area contributed by atoms with Crippen molar-refractivity contribution < 1.29 is 28.2 Å². The van der Waals surface area contributed by atoms with Crippen LogP contribution in [0.15, 0.2) is 76.4 Å². The third-order valence-corrected chi connectivity index (χ3v) is 4.93. The Morgan fingerprint density at radius 1 is 0.973 bits per heavy atom. The van der Waals surface area contributed by atoms with Crippen LogP contribution in [-0.4, -0.2) is 25.6 Å². The molecule has 0 fully saturated rings. The first-order valence-corrected chi connectivity index (χ1v) is 11.1. The lowest BCUT2D eigenvalue weighted by molar-refractivity contribution is -0.129. The standard InChI is InChI=1S/C28H23N3O6/c1-3-35-26-14-19(13-21(16-29)27(32)31-18-23-8-6-12-36-23)10-11-25(26)37-28(33)22(17-30)15-20-7-4-5-9-24(20)34-2/h4-15H,3,18H2,1-2H3,(H,31,32). The first-order valence-electron chi connectivity index (χ1n) is 11.1. The van der Waals surface area contributed by atoms with Gasteiger partial charge >= 0.3 is 5.97 Å². The number of benzene rings is 2. The van der Waals surface area contributed by atoms with Gasteiger partial charge < -0.3 is 23.9 Å². The molecule has 0 unspecified atom stereocenters. The Kier molecular flexibility index (Phi) is 9.24. The topological polar surface area (TPSA) is 135 Å². The zero-order chi connectivity index (χ0) is 26.6. The number of carbonyl (C=O) groups is 2. The fourth-order valence-electron chi connectivity index (χ4n) is 3.19. The van der Waals surface area contributed by atoms with Crippen LogP contribution in [0, 0.1) is 22.7 Å². The third kappa shape index (κ3) is 7.10. The van der Waals surface area contributed by atoms with Gasteiger partial charge in [0.15, 0.2) is 11.5 Å². The van der Waals surface area contributed by atoms with Gasteiger partial charge in [-0.3, -0.25) is 4.79 Å². The average Bonchev–Trinajstić information content (AvgIpc) is 3.44. The Morgan fingerprint density at radius 2 is 1.76 bits per heavy atom. The van der Waals surface area contributed by atoms with Crippen LogP contribution < -0.4 is 19.5 Å². The van der Waals surface area contributed by atoms with Crippen LogP contribution in [0.25, 0.3) is 12.2 Å². The van der Waals surface area contributed by atoms with Gasteiger partial charge in [0, 0.05) is 5.56 Å². The minimum atomic E-state index is -0.882. The van der Waals surface area contributed by atoms with Crippen molar-refractivity contribution in [1.82, 2.24) is 5.32 Å². The molecule has 0 aliphatic rings. The van der Waals surface area contributed by atoms with Gasteiger partial charge in [-0.25, -0.2) is 4.79 Å². The number of esters is 1. The number of nitrogens with zero attached hydrogens (tertiary/aromatic N) is 2. The van der Waals surface area contributed by atoms with Gasteiger partial charge in [0.25, 0.3) is 5.91 Å². The van der Waals surface area contributed by atoms with Gasteiger partial charge in [0.2, 0.25) is 0 Å². The predicted molar refractivity (Wildman–Crippen MR) is 134 cm³/mol. The summed E-state index contributed by atoms with van der Waals surface area (Å²) >= 11 is 0. The van der Waals surface area contributed by atoms with E-state index in [2.05, 4.69) is 5.32 Å². The summed E-state index contributed by atoms with van der Waals surface area (Å²) in [6.07, 6.45) is 4.24. The maximum Gasteiger partial charge on any atom is 0.354 e. The first-order chi connectivity index (χ1) is 18.0. The second-order valence-electron chi connectivity index (χ2n) is 7.37. The Hall–Kier alpha value is -5.28. The molecule has 1 amide bonds. The largest absolute Gasteiger partial charge is 0.496 e. The Bertz CT molecular complexity index is 1410. The molecule has 0 aliphatic carbocycles. The maximum atomic E-state index is 12.7. The number of nitrogens with one attached hydrogen (secondary N) is 1. The monoisotopic (exact) mass is 497 g/mol. The molecule has 1 heterocycles. The van der Waals surface area contributed by atoms with Gasteiger partial charge in [0.1, 0.15) is 34.8 Å². The number of para-hydroxylation sites is 1. The lowest BCUT2D eigenvalue weighted by Crippen LogP contribution is -2.23. The second-order valence-corrected chi connectivity index (χ2v) is 7.37. The highest BCUT2D eigenvalue weighted by Gasteiger charge is 2.17. The summed E-state index contributed by atoms with van der Waals surface area (Å²) in [5.41, 5.74) is 0.637. The third-order valence-electron chi connectivity index (χ3n) is 4.93. The van der Waals surface area contributed by atoms with Crippen LogP contribution in [0.2, 0.25) is 0 Å². The summed E-state index contributed by atoms with van der Waals surface area (Å²) in [5.74, 6) is -0.138. The van der Waals surface area contributed by atoms with Crippen molar-refractivity contribution >= 4 is 24.0 Å². The maximum absolute atomic E-state index is 12.7. The van der Waals surface area contributed by atoms with E-state index in [1.807, 2.05) is 12.1 Å². The minimum absolute atomic E-state index is 0.0750. The lowest BCUT2D eigenvalue weighted by Gasteiger charge is -2.11. The second kappa shape index (κ2) is 13.0. The van der Waals surface area contributed by atoms with Crippen molar-refractivity contribution in [2.75, 3.05) is 13.7 Å². The van der Waals surface area contributed by atoms with E-state index in [1.54, 1.807) is 49.4 Å². The molecule has 0 atom stereocenters. The van der Waals surface area contributed by atoms with Gasteiger partial charge in [-0.15, -0.1) is 0 Å².